The SMILES string of the molecule is CCCCOCCCNC(=O)c1ccc(N2C(=O)[C@@H]3Cc4c([nH]c5ccccc45)[C@H](c4ccc(OC)cc4)N3C2=O)cc1. The number of rotatable bonds is 11. The Labute approximate surface area is 250 Å². The molecule has 0 aliphatic carbocycles. The number of nitrogens with zero attached hydrogens (tertiary/aromatic N) is 2. The summed E-state index contributed by atoms with van der Waals surface area (Å²) in [6, 6.07) is 20.7. The molecule has 0 saturated carbocycles. The second-order valence-corrected chi connectivity index (χ2v) is 10.9. The molecule has 9 nitrogen and oxygen atoms in total. The quantitative estimate of drug-likeness (QED) is 0.178. The minimum absolute atomic E-state index is 0.207. The zero-order chi connectivity index (χ0) is 29.9. The third kappa shape index (κ3) is 5.36. The van der Waals surface area contributed by atoms with E-state index in [0.717, 1.165) is 53.6 Å². The van der Waals surface area contributed by atoms with Crippen LogP contribution in [0.25, 0.3) is 10.9 Å². The fraction of sp³-hybridized carbons (Fsp3) is 0.324. The van der Waals surface area contributed by atoms with E-state index in [2.05, 4.69) is 17.2 Å². The van der Waals surface area contributed by atoms with Gasteiger partial charge in [-0.3, -0.25) is 14.5 Å². The molecule has 43 heavy (non-hydrogen) atoms. The van der Waals surface area contributed by atoms with Gasteiger partial charge in [-0.2, -0.15) is 0 Å². The van der Waals surface area contributed by atoms with Crippen LogP contribution in [0.5, 0.6) is 5.75 Å². The van der Waals surface area contributed by atoms with E-state index in [4.69, 9.17) is 9.47 Å². The van der Waals surface area contributed by atoms with Gasteiger partial charge >= 0.3 is 6.03 Å². The topological polar surface area (TPSA) is 104 Å². The van der Waals surface area contributed by atoms with E-state index in [1.165, 1.54) is 4.90 Å². The average Bonchev–Trinajstić information content (AvgIpc) is 3.53. The van der Waals surface area contributed by atoms with Gasteiger partial charge in [-0.25, -0.2) is 9.69 Å². The van der Waals surface area contributed by atoms with E-state index < -0.39 is 12.1 Å². The zero-order valence-electron chi connectivity index (χ0n) is 24.5. The van der Waals surface area contributed by atoms with E-state index in [1.54, 1.807) is 36.3 Å². The average molecular weight is 581 g/mol. The van der Waals surface area contributed by atoms with Gasteiger partial charge in [0.1, 0.15) is 17.8 Å². The lowest BCUT2D eigenvalue weighted by molar-refractivity contribution is -0.120. The number of para-hydroxylation sites is 1. The molecule has 4 aromatic rings. The molecule has 2 atom stereocenters. The standard InChI is InChI=1S/C34H36N4O5/c1-3-4-19-43-20-7-18-35-32(39)23-10-14-24(15-11-23)37-33(40)29-21-27-26-8-5-6-9-28(26)36-30(27)31(38(29)34(37)41)22-12-16-25(42-2)17-13-22/h5-6,8-17,29,31,36H,3-4,7,18-21H2,1-2H3,(H,35,39)/t29-,31-/m0/s1. The Morgan fingerprint density at radius 2 is 1.72 bits per heavy atom. The lowest BCUT2D eigenvalue weighted by Gasteiger charge is -2.36. The number of imide groups is 1. The van der Waals surface area contributed by atoms with E-state index in [0.29, 0.717) is 36.6 Å². The number of carbonyl (C=O) groups is 3. The summed E-state index contributed by atoms with van der Waals surface area (Å²) in [5.74, 6) is 0.226. The van der Waals surface area contributed by atoms with E-state index in [9.17, 15) is 14.4 Å². The maximum Gasteiger partial charge on any atom is 0.332 e. The molecule has 1 saturated heterocycles. The van der Waals surface area contributed by atoms with Crippen LogP contribution in [0.15, 0.2) is 72.8 Å². The number of nitrogens with one attached hydrogen (secondary N) is 2. The van der Waals surface area contributed by atoms with Gasteiger partial charge < -0.3 is 19.8 Å². The lowest BCUT2D eigenvalue weighted by Crippen LogP contribution is -2.44. The smallest absolute Gasteiger partial charge is 0.332 e. The number of methoxy groups -OCH3 is 1. The van der Waals surface area contributed by atoms with Crippen molar-refractivity contribution in [2.75, 3.05) is 31.8 Å². The lowest BCUT2D eigenvalue weighted by atomic mass is 9.89. The summed E-state index contributed by atoms with van der Waals surface area (Å²) in [5.41, 5.74) is 4.71. The molecule has 9 heteroatoms. The molecule has 2 N–H and O–H groups in total. The van der Waals surface area contributed by atoms with Crippen molar-refractivity contribution in [3.63, 3.8) is 0 Å². The number of ether oxygens (including phenoxy) is 2. The Bertz CT molecular complexity index is 1630. The Morgan fingerprint density at radius 1 is 0.977 bits per heavy atom. The number of fused-ring (bicyclic) bond motifs is 4. The van der Waals surface area contributed by atoms with Crippen molar-refractivity contribution in [3.8, 4) is 5.75 Å². The van der Waals surface area contributed by atoms with Gasteiger partial charge in [0.05, 0.1) is 12.8 Å². The highest BCUT2D eigenvalue weighted by atomic mass is 16.5. The number of amides is 4. The van der Waals surface area contributed by atoms with Crippen molar-refractivity contribution >= 4 is 34.4 Å². The maximum atomic E-state index is 14.1. The number of aromatic nitrogens is 1. The van der Waals surface area contributed by atoms with Crippen LogP contribution >= 0.6 is 0 Å². The minimum atomic E-state index is -0.658. The number of unbranched alkanes of at least 4 members (excludes halogenated alkanes) is 1. The predicted octanol–water partition coefficient (Wildman–Crippen LogP) is 5.60. The largest absolute Gasteiger partial charge is 0.497 e. The number of aromatic amines is 1. The zero-order valence-corrected chi connectivity index (χ0v) is 24.5. The molecule has 0 bridgehead atoms. The number of anilines is 1. The number of H-pyrrole nitrogens is 1. The predicted molar refractivity (Wildman–Crippen MR) is 164 cm³/mol. The van der Waals surface area contributed by atoms with Crippen LogP contribution < -0.4 is 15.0 Å². The van der Waals surface area contributed by atoms with E-state index >= 15 is 0 Å². The van der Waals surface area contributed by atoms with Crippen LogP contribution in [0.3, 0.4) is 0 Å². The van der Waals surface area contributed by atoms with Crippen LogP contribution in [-0.4, -0.2) is 60.6 Å². The van der Waals surface area contributed by atoms with Crippen molar-refractivity contribution in [2.45, 2.75) is 44.7 Å². The number of urea groups is 1. The van der Waals surface area contributed by atoms with Crippen LogP contribution in [0.1, 0.15) is 59.4 Å². The molecule has 222 valence electrons. The van der Waals surface area contributed by atoms with Crippen molar-refractivity contribution in [3.05, 3.63) is 95.2 Å². The Balaban J connectivity index is 1.24. The van der Waals surface area contributed by atoms with Gasteiger partial charge in [0.15, 0.2) is 0 Å². The van der Waals surface area contributed by atoms with Crippen LogP contribution in [0.4, 0.5) is 10.5 Å². The Kier molecular flexibility index (Phi) is 8.16. The molecular weight excluding hydrogens is 544 g/mol. The minimum Gasteiger partial charge on any atom is -0.497 e. The van der Waals surface area contributed by atoms with Crippen LogP contribution in [-0.2, 0) is 16.0 Å². The van der Waals surface area contributed by atoms with E-state index in [-0.39, 0.29) is 17.8 Å². The second kappa shape index (κ2) is 12.3. The molecule has 1 fully saturated rings. The first-order valence-corrected chi connectivity index (χ1v) is 14.9. The molecule has 2 aliphatic rings. The van der Waals surface area contributed by atoms with Crippen molar-refractivity contribution in [2.24, 2.45) is 0 Å². The van der Waals surface area contributed by atoms with Gasteiger partial charge in [-0.15, -0.1) is 0 Å². The highest BCUT2D eigenvalue weighted by Gasteiger charge is 2.53. The monoisotopic (exact) mass is 580 g/mol. The van der Waals surface area contributed by atoms with Gasteiger partial charge in [-0.1, -0.05) is 43.7 Å². The van der Waals surface area contributed by atoms with Crippen molar-refractivity contribution in [1.82, 2.24) is 15.2 Å². The number of hydrogen-bond donors (Lipinski definition) is 2. The maximum absolute atomic E-state index is 14.1. The third-order valence-electron chi connectivity index (χ3n) is 8.26. The van der Waals surface area contributed by atoms with Crippen LogP contribution in [0.2, 0.25) is 0 Å². The summed E-state index contributed by atoms with van der Waals surface area (Å²) in [4.78, 5) is 47.1. The normalized spacial score (nSPS) is 17.7. The summed E-state index contributed by atoms with van der Waals surface area (Å²) in [5, 5.41) is 3.96. The summed E-state index contributed by atoms with van der Waals surface area (Å²) >= 11 is 0. The van der Waals surface area contributed by atoms with Gasteiger partial charge in [0.25, 0.3) is 11.8 Å². The Hall–Kier alpha value is -4.63. The van der Waals surface area contributed by atoms with Crippen LogP contribution in [0, 0.1) is 0 Å². The van der Waals surface area contributed by atoms with Crippen molar-refractivity contribution in [1.29, 1.82) is 0 Å². The van der Waals surface area contributed by atoms with Crippen molar-refractivity contribution < 1.29 is 23.9 Å². The highest BCUT2D eigenvalue weighted by Crippen LogP contribution is 2.45. The first kappa shape index (κ1) is 28.5. The van der Waals surface area contributed by atoms with E-state index in [1.807, 2.05) is 48.5 Å². The van der Waals surface area contributed by atoms with Gasteiger partial charge in [-0.05, 0) is 66.4 Å². The second-order valence-electron chi connectivity index (χ2n) is 10.9. The molecule has 0 radical (unpaired) electrons. The summed E-state index contributed by atoms with van der Waals surface area (Å²) in [6.45, 7) is 3.97. The summed E-state index contributed by atoms with van der Waals surface area (Å²) in [7, 11) is 1.61. The molecule has 3 aromatic carbocycles. The van der Waals surface area contributed by atoms with Gasteiger partial charge in [0.2, 0.25) is 0 Å². The molecule has 4 amide bonds. The summed E-state index contributed by atoms with van der Waals surface area (Å²) in [6.07, 6.45) is 3.27. The highest BCUT2D eigenvalue weighted by molar-refractivity contribution is 6.22. The summed E-state index contributed by atoms with van der Waals surface area (Å²) < 4.78 is 10.9. The van der Waals surface area contributed by atoms with Gasteiger partial charge in [0, 0.05) is 48.3 Å². The third-order valence-corrected chi connectivity index (χ3v) is 8.26. The molecule has 0 unspecified atom stereocenters. The first-order chi connectivity index (χ1) is 21.0. The number of benzene rings is 3. The number of hydrogen-bond acceptors (Lipinski definition) is 5. The Morgan fingerprint density at radius 3 is 2.47 bits per heavy atom. The molecule has 1 aromatic heterocycles. The molecule has 2 aliphatic heterocycles. The number of carbonyl (C=O) groups excluding carboxylic acids is 3. The molecular formula is C34H36N4O5. The fourth-order valence-corrected chi connectivity index (χ4v) is 6.03. The molecule has 3 heterocycles. The first-order valence-electron chi connectivity index (χ1n) is 14.9. The molecule has 0 spiro atoms. The fourth-order valence-electron chi connectivity index (χ4n) is 6.03. The molecule has 6 rings (SSSR count).